The third-order valence-electron chi connectivity index (χ3n) is 8.81. The van der Waals surface area contributed by atoms with Gasteiger partial charge < -0.3 is 21.2 Å². The summed E-state index contributed by atoms with van der Waals surface area (Å²) in [5.74, 6) is 0.253. The molecule has 2 aromatic heterocycles. The fraction of sp³-hybridized carbons (Fsp3) is 0.306. The van der Waals surface area contributed by atoms with Crippen LogP contribution in [0.15, 0.2) is 65.7 Å². The number of hydrogen-bond donors (Lipinski definition) is 3. The number of rotatable bonds is 11. The average molecular weight is 701 g/mol. The first kappa shape index (κ1) is 34.1. The van der Waals surface area contributed by atoms with Gasteiger partial charge in [-0.2, -0.15) is 0 Å². The van der Waals surface area contributed by atoms with Gasteiger partial charge in [-0.1, -0.05) is 29.8 Å². The van der Waals surface area contributed by atoms with E-state index in [-0.39, 0.29) is 29.0 Å². The molecule has 0 saturated heterocycles. The molecule has 1 fully saturated rings. The molecule has 0 bridgehead atoms. The molecule has 0 radical (unpaired) electrons. The summed E-state index contributed by atoms with van der Waals surface area (Å²) >= 11 is 6.04. The van der Waals surface area contributed by atoms with Gasteiger partial charge in [-0.3, -0.25) is 19.5 Å². The largest absolute Gasteiger partial charge is 0.476 e. The van der Waals surface area contributed by atoms with Gasteiger partial charge in [0.05, 0.1) is 39.1 Å². The van der Waals surface area contributed by atoms with Crippen LogP contribution in [0.5, 0.6) is 5.75 Å². The molecule has 2 amide bonds. The smallest absolute Gasteiger partial charge is 0.271 e. The number of halogens is 1. The monoisotopic (exact) mass is 700 g/mol. The second kappa shape index (κ2) is 12.9. The fourth-order valence-electron chi connectivity index (χ4n) is 6.05. The van der Waals surface area contributed by atoms with Crippen molar-refractivity contribution in [2.45, 2.75) is 63.1 Å². The van der Waals surface area contributed by atoms with E-state index in [0.29, 0.717) is 62.7 Å². The maximum atomic E-state index is 13.6. The highest BCUT2D eigenvalue weighted by Crippen LogP contribution is 2.44. The summed E-state index contributed by atoms with van der Waals surface area (Å²) in [7, 11) is -3.36. The quantitative estimate of drug-likeness (QED) is 0.157. The second-order valence-electron chi connectivity index (χ2n) is 13.1. The Hall–Kier alpha value is -4.81. The minimum atomic E-state index is -3.36. The van der Waals surface area contributed by atoms with Crippen molar-refractivity contribution in [2.24, 2.45) is 11.7 Å². The third-order valence-corrected chi connectivity index (χ3v) is 10.2. The zero-order valence-electron chi connectivity index (χ0n) is 27.6. The molecule has 254 valence electrons. The van der Waals surface area contributed by atoms with Crippen LogP contribution in [0.2, 0.25) is 5.02 Å². The zero-order valence-corrected chi connectivity index (χ0v) is 29.2. The van der Waals surface area contributed by atoms with Crippen LogP contribution >= 0.6 is 11.6 Å². The maximum Gasteiger partial charge on any atom is 0.271 e. The van der Waals surface area contributed by atoms with Gasteiger partial charge in [0.2, 0.25) is 0 Å². The maximum absolute atomic E-state index is 13.6. The molecule has 2 aliphatic rings. The van der Waals surface area contributed by atoms with E-state index in [2.05, 4.69) is 10.3 Å². The summed E-state index contributed by atoms with van der Waals surface area (Å²) in [4.78, 5) is 37.9. The Kier molecular flexibility index (Phi) is 8.97. The summed E-state index contributed by atoms with van der Waals surface area (Å²) in [5, 5.41) is 12.4. The fourth-order valence-corrected chi connectivity index (χ4v) is 6.79. The predicted octanol–water partition coefficient (Wildman–Crippen LogP) is 6.13. The van der Waals surface area contributed by atoms with Gasteiger partial charge in [0.1, 0.15) is 11.6 Å². The second-order valence-corrected chi connectivity index (χ2v) is 15.5. The number of amides is 2. The molecular formula is C36H37ClN6O5S. The van der Waals surface area contributed by atoms with E-state index < -0.39 is 21.3 Å². The Morgan fingerprint density at radius 3 is 2.49 bits per heavy atom. The molecule has 1 aliphatic carbocycles. The molecule has 6 rings (SSSR count). The molecule has 49 heavy (non-hydrogen) atoms. The van der Waals surface area contributed by atoms with Crippen molar-refractivity contribution in [3.8, 4) is 16.9 Å². The lowest BCUT2D eigenvalue weighted by Gasteiger charge is -2.39. The highest BCUT2D eigenvalue weighted by molar-refractivity contribution is 7.90. The standard InChI is InChI=1S/C36H37ClN6O5S/c1-20(22-7-12-26(13-8-22)49(4,46)47)41-34-27(17-38)31(32(33(39)44)28(42-34)15-21-5-6-21)23-9-14-29-30(16-23)48-36(2,3)35(45)43(29)19-25-11-10-24(37)18-40-25/h7-14,16-18,20-21,38H,5-6,15,19H2,1-4H3,(H2,39,44)(H,41,42)/t20-/m1/s1. The number of aromatic nitrogens is 2. The van der Waals surface area contributed by atoms with Crippen molar-refractivity contribution in [3.05, 3.63) is 93.9 Å². The lowest BCUT2D eigenvalue weighted by Crippen LogP contribution is -2.52. The highest BCUT2D eigenvalue weighted by atomic mass is 35.5. The highest BCUT2D eigenvalue weighted by Gasteiger charge is 2.41. The average Bonchev–Trinajstić information content (AvgIpc) is 3.87. The van der Waals surface area contributed by atoms with Crippen LogP contribution in [0.4, 0.5) is 11.5 Å². The molecular weight excluding hydrogens is 664 g/mol. The van der Waals surface area contributed by atoms with Crippen molar-refractivity contribution >= 4 is 51.0 Å². The molecule has 1 saturated carbocycles. The normalized spacial score (nSPS) is 16.0. The zero-order chi connectivity index (χ0) is 35.2. The topological polar surface area (TPSA) is 168 Å². The molecule has 0 spiro atoms. The first-order valence-electron chi connectivity index (χ1n) is 15.9. The number of nitrogens with zero attached hydrogens (tertiary/aromatic N) is 3. The number of nitrogens with two attached hydrogens (primary N) is 1. The number of sulfone groups is 1. The lowest BCUT2D eigenvalue weighted by atomic mass is 9.90. The number of hydrogen-bond acceptors (Lipinski definition) is 9. The van der Waals surface area contributed by atoms with Gasteiger partial charge in [-0.25, -0.2) is 13.4 Å². The molecule has 2 aromatic carbocycles. The van der Waals surface area contributed by atoms with Crippen molar-refractivity contribution < 1.29 is 22.7 Å². The molecule has 13 heteroatoms. The van der Waals surface area contributed by atoms with Gasteiger partial charge in [-0.15, -0.1) is 0 Å². The van der Waals surface area contributed by atoms with Crippen molar-refractivity contribution in [3.63, 3.8) is 0 Å². The van der Waals surface area contributed by atoms with Crippen molar-refractivity contribution in [1.82, 2.24) is 9.97 Å². The SMILES string of the molecule is C[C@@H](Nc1nc(CC2CC2)c(C(N)=O)c(-c2ccc3c(c2)OC(C)(C)C(=O)N3Cc2ccc(Cl)cn2)c1C=N)c1ccc(S(C)(=O)=O)cc1. The molecule has 4 N–H and O–H groups in total. The number of primary amides is 1. The van der Waals surface area contributed by atoms with E-state index in [4.69, 9.17) is 32.5 Å². The number of anilines is 2. The van der Waals surface area contributed by atoms with Crippen molar-refractivity contribution in [2.75, 3.05) is 16.5 Å². The Bertz CT molecular complexity index is 2080. The lowest BCUT2D eigenvalue weighted by molar-refractivity contribution is -0.132. The number of fused-ring (bicyclic) bond motifs is 1. The van der Waals surface area contributed by atoms with Gasteiger partial charge in [0.25, 0.3) is 11.8 Å². The van der Waals surface area contributed by atoms with Crippen LogP contribution in [0.25, 0.3) is 11.1 Å². The van der Waals surface area contributed by atoms with Crippen molar-refractivity contribution in [1.29, 1.82) is 5.41 Å². The van der Waals surface area contributed by atoms with E-state index in [0.717, 1.165) is 30.9 Å². The molecule has 4 aromatic rings. The number of pyridine rings is 2. The molecule has 11 nitrogen and oxygen atoms in total. The van der Waals surface area contributed by atoms with E-state index in [1.165, 1.54) is 6.20 Å². The molecule has 1 atom stereocenters. The number of benzene rings is 2. The molecule has 1 aliphatic heterocycles. The van der Waals surface area contributed by atoms with E-state index in [1.54, 1.807) is 73.3 Å². The van der Waals surface area contributed by atoms with Gasteiger partial charge >= 0.3 is 0 Å². The summed E-state index contributed by atoms with van der Waals surface area (Å²) < 4.78 is 30.3. The van der Waals surface area contributed by atoms with E-state index >= 15 is 0 Å². The van der Waals surface area contributed by atoms with E-state index in [9.17, 15) is 18.0 Å². The first-order valence-corrected chi connectivity index (χ1v) is 18.1. The number of carbonyl (C=O) groups excluding carboxylic acids is 2. The number of ether oxygens (including phenoxy) is 1. The number of nitrogens with one attached hydrogen (secondary N) is 2. The van der Waals surface area contributed by atoms with Crippen LogP contribution in [0.3, 0.4) is 0 Å². The minimum Gasteiger partial charge on any atom is -0.476 e. The van der Waals surface area contributed by atoms with Crippen LogP contribution in [0, 0.1) is 11.3 Å². The summed E-state index contributed by atoms with van der Waals surface area (Å²) in [6.07, 6.45) is 6.40. The molecule has 3 heterocycles. The van der Waals surface area contributed by atoms with Gasteiger partial charge in [-0.05, 0) is 93.5 Å². The van der Waals surface area contributed by atoms with Crippen LogP contribution in [-0.4, -0.2) is 48.3 Å². The summed E-state index contributed by atoms with van der Waals surface area (Å²) in [6, 6.07) is 15.0. The predicted molar refractivity (Wildman–Crippen MR) is 189 cm³/mol. The number of carbonyl (C=O) groups is 2. The summed E-state index contributed by atoms with van der Waals surface area (Å²) in [6.45, 7) is 5.47. The minimum absolute atomic E-state index is 0.186. The third kappa shape index (κ3) is 7.02. The Labute approximate surface area is 290 Å². The Morgan fingerprint density at radius 1 is 1.18 bits per heavy atom. The Morgan fingerprint density at radius 2 is 1.90 bits per heavy atom. The first-order chi connectivity index (χ1) is 23.2. The molecule has 0 unspecified atom stereocenters. The van der Waals surface area contributed by atoms with Crippen LogP contribution in [-0.2, 0) is 27.6 Å². The van der Waals surface area contributed by atoms with Crippen LogP contribution in [0.1, 0.15) is 72.5 Å². The van der Waals surface area contributed by atoms with Gasteiger partial charge in [0.15, 0.2) is 15.4 Å². The van der Waals surface area contributed by atoms with Crippen LogP contribution < -0.4 is 20.7 Å². The van der Waals surface area contributed by atoms with E-state index in [1.807, 2.05) is 6.92 Å². The summed E-state index contributed by atoms with van der Waals surface area (Å²) in [5.41, 5.74) is 8.93. The van der Waals surface area contributed by atoms with Gasteiger partial charge in [0, 0.05) is 35.8 Å². The Balaban J connectivity index is 1.46.